The molecule has 0 bridgehead atoms. The molecule has 0 aliphatic carbocycles. The van der Waals surface area contributed by atoms with Crippen molar-refractivity contribution in [3.8, 4) is 5.88 Å². The van der Waals surface area contributed by atoms with Crippen molar-refractivity contribution in [3.63, 3.8) is 0 Å². The van der Waals surface area contributed by atoms with Crippen molar-refractivity contribution < 1.29 is 4.42 Å². The minimum Gasteiger partial charge on any atom is -0.448 e. The summed E-state index contributed by atoms with van der Waals surface area (Å²) < 4.78 is 7.04. The summed E-state index contributed by atoms with van der Waals surface area (Å²) in [7, 11) is 0. The molecule has 2 aromatic heterocycles. The SMILES string of the molecule is O=c1ccccn1-c1occc1CN1CCCC1. The number of likely N-dealkylation sites (tertiary alicyclic amines) is 1. The maximum absolute atomic E-state index is 11.8. The fourth-order valence-electron chi connectivity index (χ4n) is 2.44. The highest BCUT2D eigenvalue weighted by Crippen LogP contribution is 2.19. The van der Waals surface area contributed by atoms with Crippen LogP contribution in [0.15, 0.2) is 45.9 Å². The van der Waals surface area contributed by atoms with Crippen molar-refractivity contribution >= 4 is 0 Å². The second kappa shape index (κ2) is 4.82. The summed E-state index contributed by atoms with van der Waals surface area (Å²) >= 11 is 0. The van der Waals surface area contributed by atoms with Gasteiger partial charge < -0.3 is 4.42 Å². The molecule has 0 aromatic carbocycles. The minimum atomic E-state index is -0.0601. The van der Waals surface area contributed by atoms with Gasteiger partial charge in [0.1, 0.15) is 0 Å². The van der Waals surface area contributed by atoms with E-state index in [9.17, 15) is 4.79 Å². The Bertz CT molecular complexity index is 579. The average Bonchev–Trinajstić information content (AvgIpc) is 3.02. The minimum absolute atomic E-state index is 0.0601. The fourth-order valence-corrected chi connectivity index (χ4v) is 2.44. The molecule has 0 N–H and O–H groups in total. The number of hydrogen-bond donors (Lipinski definition) is 0. The van der Waals surface area contributed by atoms with E-state index in [1.165, 1.54) is 12.8 Å². The van der Waals surface area contributed by atoms with Gasteiger partial charge in [-0.05, 0) is 38.1 Å². The largest absolute Gasteiger partial charge is 0.448 e. The molecular weight excluding hydrogens is 228 g/mol. The van der Waals surface area contributed by atoms with Gasteiger partial charge in [-0.2, -0.15) is 0 Å². The van der Waals surface area contributed by atoms with Crippen LogP contribution in [0.25, 0.3) is 5.88 Å². The van der Waals surface area contributed by atoms with Gasteiger partial charge in [-0.3, -0.25) is 14.3 Å². The van der Waals surface area contributed by atoms with Crippen molar-refractivity contribution in [2.45, 2.75) is 19.4 Å². The highest BCUT2D eigenvalue weighted by Gasteiger charge is 2.16. The first-order chi connectivity index (χ1) is 8.84. The molecule has 0 spiro atoms. The average molecular weight is 244 g/mol. The predicted molar refractivity (Wildman–Crippen MR) is 68.8 cm³/mol. The van der Waals surface area contributed by atoms with Gasteiger partial charge in [0, 0.05) is 24.4 Å². The van der Waals surface area contributed by atoms with Crippen LogP contribution in [0.5, 0.6) is 0 Å². The molecule has 4 heteroatoms. The van der Waals surface area contributed by atoms with Crippen LogP contribution in [-0.2, 0) is 6.54 Å². The molecule has 4 nitrogen and oxygen atoms in total. The van der Waals surface area contributed by atoms with E-state index in [2.05, 4.69) is 4.90 Å². The van der Waals surface area contributed by atoms with E-state index in [0.717, 1.165) is 25.2 Å². The second-order valence-electron chi connectivity index (χ2n) is 4.64. The van der Waals surface area contributed by atoms with Crippen LogP contribution in [0.3, 0.4) is 0 Å². The molecule has 18 heavy (non-hydrogen) atoms. The topological polar surface area (TPSA) is 38.4 Å². The van der Waals surface area contributed by atoms with E-state index in [-0.39, 0.29) is 5.56 Å². The number of furan rings is 1. The number of aromatic nitrogens is 1. The van der Waals surface area contributed by atoms with E-state index >= 15 is 0 Å². The lowest BCUT2D eigenvalue weighted by Crippen LogP contribution is -2.21. The van der Waals surface area contributed by atoms with Crippen LogP contribution < -0.4 is 5.56 Å². The molecule has 1 fully saturated rings. The zero-order chi connectivity index (χ0) is 12.4. The molecule has 94 valence electrons. The summed E-state index contributed by atoms with van der Waals surface area (Å²) in [5.74, 6) is 0.646. The van der Waals surface area contributed by atoms with Gasteiger partial charge >= 0.3 is 0 Å². The van der Waals surface area contributed by atoms with Gasteiger partial charge in [0.15, 0.2) is 0 Å². The number of rotatable bonds is 3. The lowest BCUT2D eigenvalue weighted by molar-refractivity contribution is 0.329. The van der Waals surface area contributed by atoms with E-state index in [0.29, 0.717) is 5.88 Å². The van der Waals surface area contributed by atoms with Crippen molar-refractivity contribution in [2.24, 2.45) is 0 Å². The van der Waals surface area contributed by atoms with E-state index in [1.807, 2.05) is 12.1 Å². The maximum atomic E-state index is 11.8. The van der Waals surface area contributed by atoms with Gasteiger partial charge in [0.2, 0.25) is 5.88 Å². The van der Waals surface area contributed by atoms with Gasteiger partial charge in [-0.25, -0.2) is 0 Å². The van der Waals surface area contributed by atoms with E-state index in [4.69, 9.17) is 4.42 Å². The predicted octanol–water partition coefficient (Wildman–Crippen LogP) is 2.03. The maximum Gasteiger partial charge on any atom is 0.257 e. The highest BCUT2D eigenvalue weighted by atomic mass is 16.3. The van der Waals surface area contributed by atoms with Crippen LogP contribution in [0.2, 0.25) is 0 Å². The van der Waals surface area contributed by atoms with Crippen LogP contribution >= 0.6 is 0 Å². The molecule has 2 aromatic rings. The Labute approximate surface area is 105 Å². The zero-order valence-electron chi connectivity index (χ0n) is 10.2. The smallest absolute Gasteiger partial charge is 0.257 e. The van der Waals surface area contributed by atoms with Gasteiger partial charge in [0.25, 0.3) is 5.56 Å². The Morgan fingerprint density at radius 1 is 1.17 bits per heavy atom. The summed E-state index contributed by atoms with van der Waals surface area (Å²) in [4.78, 5) is 14.2. The van der Waals surface area contributed by atoms with E-state index in [1.54, 1.807) is 29.2 Å². The number of nitrogens with zero attached hydrogens (tertiary/aromatic N) is 2. The zero-order valence-corrected chi connectivity index (χ0v) is 10.2. The van der Waals surface area contributed by atoms with Gasteiger partial charge in [-0.15, -0.1) is 0 Å². The quantitative estimate of drug-likeness (QED) is 0.829. The molecule has 3 rings (SSSR count). The van der Waals surface area contributed by atoms with Gasteiger partial charge in [0.05, 0.1) is 6.26 Å². The third kappa shape index (κ3) is 2.11. The monoisotopic (exact) mass is 244 g/mol. The number of pyridine rings is 1. The molecule has 3 heterocycles. The van der Waals surface area contributed by atoms with Crippen molar-refractivity contribution in [1.29, 1.82) is 0 Å². The Hall–Kier alpha value is -1.81. The molecule has 0 radical (unpaired) electrons. The van der Waals surface area contributed by atoms with Crippen LogP contribution in [0, 0.1) is 0 Å². The molecule has 1 saturated heterocycles. The first-order valence-corrected chi connectivity index (χ1v) is 6.31. The summed E-state index contributed by atoms with van der Waals surface area (Å²) in [6.07, 6.45) is 5.92. The Kier molecular flexibility index (Phi) is 3.02. The lowest BCUT2D eigenvalue weighted by atomic mass is 10.3. The first kappa shape index (κ1) is 11.3. The summed E-state index contributed by atoms with van der Waals surface area (Å²) in [5, 5.41) is 0. The third-order valence-electron chi connectivity index (χ3n) is 3.36. The summed E-state index contributed by atoms with van der Waals surface area (Å²) in [6.45, 7) is 3.12. The Morgan fingerprint density at radius 2 is 2.00 bits per heavy atom. The van der Waals surface area contributed by atoms with Crippen molar-refractivity contribution in [3.05, 3.63) is 52.6 Å². The molecule has 0 unspecified atom stereocenters. The Balaban J connectivity index is 1.91. The van der Waals surface area contributed by atoms with Crippen molar-refractivity contribution in [2.75, 3.05) is 13.1 Å². The third-order valence-corrected chi connectivity index (χ3v) is 3.36. The highest BCUT2D eigenvalue weighted by molar-refractivity contribution is 5.31. The normalized spacial score (nSPS) is 16.2. The summed E-state index contributed by atoms with van der Waals surface area (Å²) in [6, 6.07) is 7.07. The summed E-state index contributed by atoms with van der Waals surface area (Å²) in [5.41, 5.74) is 1.01. The van der Waals surface area contributed by atoms with Crippen LogP contribution in [-0.4, -0.2) is 22.6 Å². The van der Waals surface area contributed by atoms with Crippen LogP contribution in [0.4, 0.5) is 0 Å². The molecular formula is C14H16N2O2. The molecule has 1 aliphatic heterocycles. The second-order valence-corrected chi connectivity index (χ2v) is 4.64. The Morgan fingerprint density at radius 3 is 2.78 bits per heavy atom. The van der Waals surface area contributed by atoms with Crippen LogP contribution in [0.1, 0.15) is 18.4 Å². The van der Waals surface area contributed by atoms with Gasteiger partial charge in [-0.1, -0.05) is 6.07 Å². The fraction of sp³-hybridized carbons (Fsp3) is 0.357. The molecule has 0 atom stereocenters. The standard InChI is InChI=1S/C14H16N2O2/c17-13-5-1-2-9-16(13)14-12(6-10-18-14)11-15-7-3-4-8-15/h1-2,5-6,9-10H,3-4,7-8,11H2. The lowest BCUT2D eigenvalue weighted by Gasteiger charge is -2.14. The molecule has 1 aliphatic rings. The van der Waals surface area contributed by atoms with E-state index < -0.39 is 0 Å². The number of hydrogen-bond acceptors (Lipinski definition) is 3. The first-order valence-electron chi connectivity index (χ1n) is 6.31. The molecule has 0 saturated carbocycles. The van der Waals surface area contributed by atoms with Crippen molar-refractivity contribution in [1.82, 2.24) is 9.47 Å². The molecule has 0 amide bonds.